The number of hydrogen-bond acceptors (Lipinski definition) is 2. The van der Waals surface area contributed by atoms with E-state index in [1.165, 1.54) is 19.3 Å². The van der Waals surface area contributed by atoms with Crippen molar-refractivity contribution in [1.29, 1.82) is 0 Å². The molecule has 1 aromatic rings. The van der Waals surface area contributed by atoms with Crippen LogP contribution in [0.2, 0.25) is 0 Å². The number of carbonyl (C=O) groups is 1. The van der Waals surface area contributed by atoms with Gasteiger partial charge in [-0.2, -0.15) is 0 Å². The lowest BCUT2D eigenvalue weighted by Gasteiger charge is -2.21. The van der Waals surface area contributed by atoms with Crippen molar-refractivity contribution in [3.05, 3.63) is 29.3 Å². The van der Waals surface area contributed by atoms with Gasteiger partial charge in [-0.3, -0.25) is 4.79 Å². The molecule has 18 heavy (non-hydrogen) atoms. The van der Waals surface area contributed by atoms with E-state index in [2.05, 4.69) is 6.92 Å². The molecule has 1 saturated carbocycles. The summed E-state index contributed by atoms with van der Waals surface area (Å²) in [6, 6.07) is 5.83. The maximum Gasteiger partial charge on any atom is 0.166 e. The van der Waals surface area contributed by atoms with Crippen molar-refractivity contribution in [3.8, 4) is 5.75 Å². The van der Waals surface area contributed by atoms with Gasteiger partial charge in [0.2, 0.25) is 0 Å². The molecule has 0 spiro atoms. The number of carbonyl (C=O) groups excluding carboxylic acids is 1. The van der Waals surface area contributed by atoms with Crippen LogP contribution < -0.4 is 4.74 Å². The summed E-state index contributed by atoms with van der Waals surface area (Å²) in [6.07, 6.45) is 6.70. The molecule has 0 aromatic heterocycles. The van der Waals surface area contributed by atoms with Crippen LogP contribution in [0.1, 0.15) is 54.9 Å². The molecular formula is C16H22O2. The maximum atomic E-state index is 12.5. The molecule has 0 radical (unpaired) electrons. The lowest BCUT2D eigenvalue weighted by molar-refractivity contribution is 0.0888. The fourth-order valence-corrected chi connectivity index (χ4v) is 2.81. The zero-order valence-corrected chi connectivity index (χ0v) is 11.4. The van der Waals surface area contributed by atoms with Crippen LogP contribution in [0.3, 0.4) is 0 Å². The Morgan fingerprint density at radius 1 is 1.28 bits per heavy atom. The lowest BCUT2D eigenvalue weighted by Crippen LogP contribution is -2.19. The van der Waals surface area contributed by atoms with E-state index >= 15 is 0 Å². The molecule has 0 bridgehead atoms. The average Bonchev–Trinajstić information content (AvgIpc) is 2.46. The standard InChI is InChI=1S/C16H22O2/c1-3-12-11-14(18-2)9-10-15(12)16(17)13-7-5-4-6-8-13/h9-11,13H,3-8H2,1-2H3. The van der Waals surface area contributed by atoms with Gasteiger partial charge in [-0.25, -0.2) is 0 Å². The topological polar surface area (TPSA) is 26.3 Å². The minimum Gasteiger partial charge on any atom is -0.497 e. The zero-order chi connectivity index (χ0) is 13.0. The highest BCUT2D eigenvalue weighted by Crippen LogP contribution is 2.29. The summed E-state index contributed by atoms with van der Waals surface area (Å²) in [4.78, 5) is 12.5. The fraction of sp³-hybridized carbons (Fsp3) is 0.562. The van der Waals surface area contributed by atoms with Crippen molar-refractivity contribution in [2.45, 2.75) is 45.4 Å². The fourth-order valence-electron chi connectivity index (χ4n) is 2.81. The summed E-state index contributed by atoms with van der Waals surface area (Å²) < 4.78 is 5.23. The van der Waals surface area contributed by atoms with E-state index in [1.54, 1.807) is 7.11 Å². The van der Waals surface area contributed by atoms with Gasteiger partial charge in [0.25, 0.3) is 0 Å². The molecule has 0 unspecified atom stereocenters. The van der Waals surface area contributed by atoms with Crippen molar-refractivity contribution in [3.63, 3.8) is 0 Å². The number of ketones is 1. The summed E-state index contributed by atoms with van der Waals surface area (Å²) in [5, 5.41) is 0. The van der Waals surface area contributed by atoms with Crippen molar-refractivity contribution in [2.24, 2.45) is 5.92 Å². The van der Waals surface area contributed by atoms with E-state index in [9.17, 15) is 4.79 Å². The number of benzene rings is 1. The summed E-state index contributed by atoms with van der Waals surface area (Å²) in [5.41, 5.74) is 2.02. The molecule has 2 heteroatoms. The molecule has 0 saturated heterocycles. The smallest absolute Gasteiger partial charge is 0.166 e. The molecular weight excluding hydrogens is 224 g/mol. The zero-order valence-electron chi connectivity index (χ0n) is 11.4. The first-order valence-electron chi connectivity index (χ1n) is 6.97. The number of methoxy groups -OCH3 is 1. The van der Waals surface area contributed by atoms with Crippen LogP contribution >= 0.6 is 0 Å². The quantitative estimate of drug-likeness (QED) is 0.750. The highest BCUT2D eigenvalue weighted by atomic mass is 16.5. The predicted octanol–water partition coefficient (Wildman–Crippen LogP) is 4.02. The minimum atomic E-state index is 0.248. The van der Waals surface area contributed by atoms with Crippen LogP contribution in [0, 0.1) is 5.92 Å². The number of Topliss-reactive ketones (excluding diaryl/α,β-unsaturated/α-hetero) is 1. The molecule has 0 aliphatic heterocycles. The molecule has 2 nitrogen and oxygen atoms in total. The minimum absolute atomic E-state index is 0.248. The Morgan fingerprint density at radius 3 is 2.61 bits per heavy atom. The second-order valence-corrected chi connectivity index (χ2v) is 5.08. The number of ether oxygens (including phenoxy) is 1. The average molecular weight is 246 g/mol. The van der Waals surface area contributed by atoms with E-state index in [-0.39, 0.29) is 5.92 Å². The first-order chi connectivity index (χ1) is 8.76. The Balaban J connectivity index is 2.23. The van der Waals surface area contributed by atoms with Crippen LogP contribution in [-0.4, -0.2) is 12.9 Å². The first-order valence-corrected chi connectivity index (χ1v) is 6.97. The van der Waals surface area contributed by atoms with E-state index in [4.69, 9.17) is 4.74 Å². The van der Waals surface area contributed by atoms with Gasteiger partial charge in [-0.05, 0) is 43.0 Å². The molecule has 0 amide bonds. The van der Waals surface area contributed by atoms with Crippen molar-refractivity contribution in [1.82, 2.24) is 0 Å². The third-order valence-electron chi connectivity index (χ3n) is 3.93. The van der Waals surface area contributed by atoms with Gasteiger partial charge in [0.15, 0.2) is 5.78 Å². The van der Waals surface area contributed by atoms with Crippen molar-refractivity contribution >= 4 is 5.78 Å². The highest BCUT2D eigenvalue weighted by Gasteiger charge is 2.23. The molecule has 0 heterocycles. The van der Waals surface area contributed by atoms with Crippen LogP contribution in [0.4, 0.5) is 0 Å². The third kappa shape index (κ3) is 2.74. The molecule has 0 N–H and O–H groups in total. The second kappa shape index (κ2) is 6.03. The molecule has 1 fully saturated rings. The Hall–Kier alpha value is -1.31. The number of hydrogen-bond donors (Lipinski definition) is 0. The van der Waals surface area contributed by atoms with Crippen LogP contribution in [-0.2, 0) is 6.42 Å². The van der Waals surface area contributed by atoms with Crippen LogP contribution in [0.5, 0.6) is 5.75 Å². The molecule has 1 aliphatic carbocycles. The lowest BCUT2D eigenvalue weighted by atomic mass is 9.82. The second-order valence-electron chi connectivity index (χ2n) is 5.08. The normalized spacial score (nSPS) is 16.6. The Kier molecular flexibility index (Phi) is 4.40. The van der Waals surface area contributed by atoms with Gasteiger partial charge < -0.3 is 4.74 Å². The first kappa shape index (κ1) is 13.1. The third-order valence-corrected chi connectivity index (χ3v) is 3.93. The Bertz CT molecular complexity index is 417. The SMILES string of the molecule is CCc1cc(OC)ccc1C(=O)C1CCCCC1. The van der Waals surface area contributed by atoms with Gasteiger partial charge in [0.1, 0.15) is 5.75 Å². The van der Waals surface area contributed by atoms with Gasteiger partial charge in [-0.15, -0.1) is 0 Å². The molecule has 0 atom stereocenters. The van der Waals surface area contributed by atoms with E-state index in [0.717, 1.165) is 36.1 Å². The van der Waals surface area contributed by atoms with E-state index in [1.807, 2.05) is 18.2 Å². The number of aryl methyl sites for hydroxylation is 1. The van der Waals surface area contributed by atoms with Gasteiger partial charge in [0, 0.05) is 11.5 Å². The Labute approximate surface area is 109 Å². The molecule has 2 rings (SSSR count). The summed E-state index contributed by atoms with van der Waals surface area (Å²) in [6.45, 7) is 2.09. The monoisotopic (exact) mass is 246 g/mol. The highest BCUT2D eigenvalue weighted by molar-refractivity contribution is 5.99. The van der Waals surface area contributed by atoms with E-state index in [0.29, 0.717) is 5.78 Å². The molecule has 1 aromatic carbocycles. The van der Waals surface area contributed by atoms with Gasteiger partial charge >= 0.3 is 0 Å². The largest absolute Gasteiger partial charge is 0.497 e. The molecule has 1 aliphatic rings. The van der Waals surface area contributed by atoms with Gasteiger partial charge in [-0.1, -0.05) is 26.2 Å². The predicted molar refractivity (Wildman–Crippen MR) is 73.3 cm³/mol. The Morgan fingerprint density at radius 2 is 2.00 bits per heavy atom. The number of rotatable bonds is 4. The van der Waals surface area contributed by atoms with Crippen molar-refractivity contribution < 1.29 is 9.53 Å². The van der Waals surface area contributed by atoms with Crippen LogP contribution in [0.25, 0.3) is 0 Å². The summed E-state index contributed by atoms with van der Waals surface area (Å²) >= 11 is 0. The molecule has 98 valence electrons. The summed E-state index contributed by atoms with van der Waals surface area (Å²) in [5.74, 6) is 1.43. The summed E-state index contributed by atoms with van der Waals surface area (Å²) in [7, 11) is 1.66. The van der Waals surface area contributed by atoms with Gasteiger partial charge in [0.05, 0.1) is 7.11 Å². The van der Waals surface area contributed by atoms with Crippen molar-refractivity contribution in [2.75, 3.05) is 7.11 Å². The van der Waals surface area contributed by atoms with Crippen LogP contribution in [0.15, 0.2) is 18.2 Å². The maximum absolute atomic E-state index is 12.5. The van der Waals surface area contributed by atoms with E-state index < -0.39 is 0 Å².